The van der Waals surface area contributed by atoms with Gasteiger partial charge in [-0.2, -0.15) is 13.2 Å². The fraction of sp³-hybridized carbons (Fsp3) is 0.333. The number of halogens is 4. The van der Waals surface area contributed by atoms with Crippen LogP contribution in [-0.2, 0) is 4.74 Å². The largest absolute Gasteiger partial charge is 0.411 e. The van der Waals surface area contributed by atoms with Gasteiger partial charge in [-0.25, -0.2) is 0 Å². The van der Waals surface area contributed by atoms with Gasteiger partial charge in [0.05, 0.1) is 6.10 Å². The number of ether oxygens (including phenoxy) is 1. The Kier molecular flexibility index (Phi) is 5.24. The predicted octanol–water partition coefficient (Wildman–Crippen LogP) is 4.60. The minimum Gasteiger partial charge on any atom is -0.388 e. The molecule has 2 aromatic rings. The van der Waals surface area contributed by atoms with Crippen molar-refractivity contribution in [3.8, 4) is 0 Å². The second kappa shape index (κ2) is 6.77. The van der Waals surface area contributed by atoms with E-state index in [4.69, 9.17) is 0 Å². The van der Waals surface area contributed by atoms with Gasteiger partial charge in [0.15, 0.2) is 0 Å². The Balaban J connectivity index is 2.06. The van der Waals surface area contributed by atoms with Crippen molar-refractivity contribution in [1.29, 1.82) is 0 Å². The molecule has 0 saturated carbocycles. The van der Waals surface area contributed by atoms with E-state index in [0.717, 1.165) is 15.2 Å². The lowest BCUT2D eigenvalue weighted by molar-refractivity contribution is -0.175. The van der Waals surface area contributed by atoms with Gasteiger partial charge in [0, 0.05) is 17.5 Å². The molecule has 2 nitrogen and oxygen atoms in total. The standard InChI is InChI=1S/C15H14BrF3O2/c16-13-6-5-12(10-3-1-2-4-11(10)13)14(20)7-8-21-9-15(17,18)19/h1-6,14,20H,7-9H2. The Labute approximate surface area is 128 Å². The van der Waals surface area contributed by atoms with Crippen molar-refractivity contribution < 1.29 is 23.0 Å². The van der Waals surface area contributed by atoms with Crippen molar-refractivity contribution in [2.75, 3.05) is 13.2 Å². The Bertz CT molecular complexity index is 613. The molecule has 0 aromatic heterocycles. The number of rotatable bonds is 5. The zero-order valence-electron chi connectivity index (χ0n) is 11.0. The minimum atomic E-state index is -4.34. The fourth-order valence-corrected chi connectivity index (χ4v) is 2.59. The van der Waals surface area contributed by atoms with E-state index in [1.165, 1.54) is 0 Å². The number of hydrogen-bond donors (Lipinski definition) is 1. The molecule has 0 radical (unpaired) electrons. The molecule has 0 aliphatic rings. The van der Waals surface area contributed by atoms with E-state index in [2.05, 4.69) is 20.7 Å². The molecule has 114 valence electrons. The van der Waals surface area contributed by atoms with E-state index in [-0.39, 0.29) is 13.0 Å². The van der Waals surface area contributed by atoms with E-state index < -0.39 is 18.9 Å². The molecule has 1 N–H and O–H groups in total. The summed E-state index contributed by atoms with van der Waals surface area (Å²) in [5.41, 5.74) is 0.685. The van der Waals surface area contributed by atoms with Crippen LogP contribution in [0.4, 0.5) is 13.2 Å². The second-order valence-electron chi connectivity index (χ2n) is 4.65. The van der Waals surface area contributed by atoms with Gasteiger partial charge < -0.3 is 9.84 Å². The molecule has 6 heteroatoms. The monoisotopic (exact) mass is 362 g/mol. The third-order valence-corrected chi connectivity index (χ3v) is 3.76. The topological polar surface area (TPSA) is 29.5 Å². The van der Waals surface area contributed by atoms with Crippen LogP contribution in [0.25, 0.3) is 10.8 Å². The van der Waals surface area contributed by atoms with Crippen molar-refractivity contribution in [3.05, 3.63) is 46.4 Å². The third-order valence-electron chi connectivity index (χ3n) is 3.06. The number of hydrogen-bond acceptors (Lipinski definition) is 2. The summed E-state index contributed by atoms with van der Waals surface area (Å²) in [4.78, 5) is 0. The van der Waals surface area contributed by atoms with Crippen LogP contribution in [0.5, 0.6) is 0 Å². The van der Waals surface area contributed by atoms with Crippen molar-refractivity contribution in [2.24, 2.45) is 0 Å². The molecule has 1 atom stereocenters. The highest BCUT2D eigenvalue weighted by Gasteiger charge is 2.27. The van der Waals surface area contributed by atoms with E-state index in [9.17, 15) is 18.3 Å². The average molecular weight is 363 g/mol. The molecular weight excluding hydrogens is 349 g/mol. The number of fused-ring (bicyclic) bond motifs is 1. The third kappa shape index (κ3) is 4.43. The van der Waals surface area contributed by atoms with Crippen LogP contribution in [-0.4, -0.2) is 24.5 Å². The van der Waals surface area contributed by atoms with Crippen LogP contribution in [0, 0.1) is 0 Å². The Morgan fingerprint density at radius 2 is 1.76 bits per heavy atom. The average Bonchev–Trinajstić information content (AvgIpc) is 2.43. The lowest BCUT2D eigenvalue weighted by atomic mass is 9.99. The Hall–Kier alpha value is -1.11. The first-order chi connectivity index (χ1) is 9.88. The molecule has 21 heavy (non-hydrogen) atoms. The summed E-state index contributed by atoms with van der Waals surface area (Å²) < 4.78 is 41.3. The normalized spacial score (nSPS) is 13.6. The summed E-state index contributed by atoms with van der Waals surface area (Å²) in [5, 5.41) is 12.0. The highest BCUT2D eigenvalue weighted by molar-refractivity contribution is 9.10. The summed E-state index contributed by atoms with van der Waals surface area (Å²) in [7, 11) is 0. The van der Waals surface area contributed by atoms with Crippen LogP contribution in [0.15, 0.2) is 40.9 Å². The summed E-state index contributed by atoms with van der Waals surface area (Å²) in [6.07, 6.45) is -5.09. The molecule has 1 unspecified atom stereocenters. The van der Waals surface area contributed by atoms with E-state index in [1.807, 2.05) is 30.3 Å². The number of aliphatic hydroxyl groups is 1. The molecule has 0 amide bonds. The zero-order valence-corrected chi connectivity index (χ0v) is 12.6. The van der Waals surface area contributed by atoms with Crippen molar-refractivity contribution in [3.63, 3.8) is 0 Å². The molecule has 2 aromatic carbocycles. The van der Waals surface area contributed by atoms with Crippen LogP contribution >= 0.6 is 15.9 Å². The van der Waals surface area contributed by atoms with Gasteiger partial charge in [0.25, 0.3) is 0 Å². The molecule has 0 aliphatic carbocycles. The minimum absolute atomic E-state index is 0.113. The number of benzene rings is 2. The van der Waals surface area contributed by atoms with Gasteiger partial charge in [-0.05, 0) is 22.4 Å². The highest BCUT2D eigenvalue weighted by Crippen LogP contribution is 2.31. The SMILES string of the molecule is OC(CCOCC(F)(F)F)c1ccc(Br)c2ccccc12. The molecule has 0 bridgehead atoms. The van der Waals surface area contributed by atoms with Crippen molar-refractivity contribution >= 4 is 26.7 Å². The van der Waals surface area contributed by atoms with Gasteiger partial charge in [0.1, 0.15) is 6.61 Å². The van der Waals surface area contributed by atoms with E-state index in [0.29, 0.717) is 5.56 Å². The van der Waals surface area contributed by atoms with Crippen LogP contribution in [0.2, 0.25) is 0 Å². The molecule has 2 rings (SSSR count). The lowest BCUT2D eigenvalue weighted by Crippen LogP contribution is -2.18. The molecule has 0 heterocycles. The quantitative estimate of drug-likeness (QED) is 0.787. The van der Waals surface area contributed by atoms with E-state index >= 15 is 0 Å². The van der Waals surface area contributed by atoms with Crippen LogP contribution < -0.4 is 0 Å². The lowest BCUT2D eigenvalue weighted by Gasteiger charge is -2.15. The van der Waals surface area contributed by atoms with E-state index in [1.54, 1.807) is 6.07 Å². The maximum absolute atomic E-state index is 12.0. The predicted molar refractivity (Wildman–Crippen MR) is 78.1 cm³/mol. The van der Waals surface area contributed by atoms with Crippen molar-refractivity contribution in [2.45, 2.75) is 18.7 Å². The maximum atomic E-state index is 12.0. The number of aliphatic hydroxyl groups excluding tert-OH is 1. The first kappa shape index (κ1) is 16.3. The maximum Gasteiger partial charge on any atom is 0.411 e. The first-order valence-corrected chi connectivity index (χ1v) is 7.17. The Morgan fingerprint density at radius 1 is 1.10 bits per heavy atom. The van der Waals surface area contributed by atoms with Gasteiger partial charge >= 0.3 is 6.18 Å². The summed E-state index contributed by atoms with van der Waals surface area (Å²) in [5.74, 6) is 0. The molecule has 0 fully saturated rings. The first-order valence-electron chi connectivity index (χ1n) is 6.38. The van der Waals surface area contributed by atoms with Crippen LogP contribution in [0.3, 0.4) is 0 Å². The van der Waals surface area contributed by atoms with Gasteiger partial charge in [0.2, 0.25) is 0 Å². The summed E-state index contributed by atoms with van der Waals surface area (Å²) in [6.45, 7) is -1.44. The summed E-state index contributed by atoms with van der Waals surface area (Å²) >= 11 is 3.43. The van der Waals surface area contributed by atoms with Crippen molar-refractivity contribution in [1.82, 2.24) is 0 Å². The zero-order chi connectivity index (χ0) is 15.5. The molecule has 0 aliphatic heterocycles. The van der Waals surface area contributed by atoms with Crippen LogP contribution in [0.1, 0.15) is 18.1 Å². The fourth-order valence-electron chi connectivity index (χ4n) is 2.11. The number of alkyl halides is 3. The molecular formula is C15H14BrF3O2. The molecule has 0 spiro atoms. The summed E-state index contributed by atoms with van der Waals surface area (Å²) in [6, 6.07) is 11.1. The second-order valence-corrected chi connectivity index (χ2v) is 5.51. The van der Waals surface area contributed by atoms with Gasteiger partial charge in [-0.3, -0.25) is 0 Å². The van der Waals surface area contributed by atoms with Gasteiger partial charge in [-0.15, -0.1) is 0 Å². The highest BCUT2D eigenvalue weighted by atomic mass is 79.9. The smallest absolute Gasteiger partial charge is 0.388 e. The Morgan fingerprint density at radius 3 is 2.43 bits per heavy atom. The van der Waals surface area contributed by atoms with Gasteiger partial charge in [-0.1, -0.05) is 46.3 Å². The molecule has 0 saturated heterocycles.